The number of rotatable bonds is 3. The van der Waals surface area contributed by atoms with Crippen molar-refractivity contribution in [3.8, 4) is 0 Å². The molecule has 0 amide bonds. The third-order valence-corrected chi connectivity index (χ3v) is 8.64. The van der Waals surface area contributed by atoms with E-state index in [0.717, 1.165) is 19.3 Å². The molecule has 0 aromatic carbocycles. The van der Waals surface area contributed by atoms with E-state index < -0.39 is 8.07 Å². The van der Waals surface area contributed by atoms with Gasteiger partial charge in [0.25, 0.3) is 0 Å². The predicted octanol–water partition coefficient (Wildman–Crippen LogP) is 5.23. The highest BCUT2D eigenvalue weighted by Gasteiger charge is 2.63. The van der Waals surface area contributed by atoms with Crippen molar-refractivity contribution in [3.05, 3.63) is 11.3 Å². The first-order valence-corrected chi connectivity index (χ1v) is 11.7. The molecule has 3 atom stereocenters. The molecule has 0 radical (unpaired) electrons. The summed E-state index contributed by atoms with van der Waals surface area (Å²) in [5.74, 6) is 1.71. The lowest BCUT2D eigenvalue weighted by Crippen LogP contribution is -2.39. The zero-order valence-electron chi connectivity index (χ0n) is 14.5. The molecule has 1 nitrogen and oxygen atoms in total. The van der Waals surface area contributed by atoms with E-state index in [1.54, 1.807) is 5.20 Å². The fourth-order valence-corrected chi connectivity index (χ4v) is 6.98. The number of ketones is 1. The van der Waals surface area contributed by atoms with Crippen LogP contribution >= 0.6 is 0 Å². The van der Waals surface area contributed by atoms with Crippen LogP contribution in [0.1, 0.15) is 53.4 Å². The lowest BCUT2D eigenvalue weighted by atomic mass is 9.68. The fourth-order valence-electron chi connectivity index (χ4n) is 5.29. The summed E-state index contributed by atoms with van der Waals surface area (Å²) in [7, 11) is -1.32. The van der Waals surface area contributed by atoms with Crippen molar-refractivity contribution in [2.24, 2.45) is 22.7 Å². The molecule has 0 aromatic heterocycles. The predicted molar refractivity (Wildman–Crippen MR) is 89.4 cm³/mol. The second kappa shape index (κ2) is 4.83. The minimum absolute atomic E-state index is 0.0361. The molecule has 0 spiro atoms. The van der Waals surface area contributed by atoms with Gasteiger partial charge in [0, 0.05) is 11.8 Å². The van der Waals surface area contributed by atoms with Crippen molar-refractivity contribution in [3.63, 3.8) is 0 Å². The molecular formula is C18H32OSi. The maximum absolute atomic E-state index is 12.8. The van der Waals surface area contributed by atoms with Crippen LogP contribution in [0.2, 0.25) is 19.6 Å². The minimum Gasteiger partial charge on any atom is -0.299 e. The van der Waals surface area contributed by atoms with Crippen LogP contribution in [0.4, 0.5) is 0 Å². The molecule has 0 aliphatic heterocycles. The van der Waals surface area contributed by atoms with Gasteiger partial charge in [-0.05, 0) is 43.4 Å². The Morgan fingerprint density at radius 2 is 1.95 bits per heavy atom. The summed E-state index contributed by atoms with van der Waals surface area (Å²) in [6.07, 6.45) is 6.53. The van der Waals surface area contributed by atoms with Crippen molar-refractivity contribution >= 4 is 13.9 Å². The van der Waals surface area contributed by atoms with Crippen molar-refractivity contribution < 1.29 is 4.79 Å². The molecule has 2 heteroatoms. The molecule has 2 aliphatic carbocycles. The Bertz CT molecular complexity index is 441. The van der Waals surface area contributed by atoms with Gasteiger partial charge in [0.15, 0.2) is 0 Å². The molecule has 0 heterocycles. The Kier molecular flexibility index (Phi) is 3.86. The number of allylic oxidation sites excluding steroid dienone is 2. The highest BCUT2D eigenvalue weighted by Crippen LogP contribution is 2.65. The molecule has 2 saturated carbocycles. The van der Waals surface area contributed by atoms with Gasteiger partial charge in [-0.15, -0.1) is 0 Å². The SMILES string of the molecule is C/C=C(\CC12C(=O)CCC1C(C)(C)CC2C)[Si](C)(C)C. The molecule has 3 unspecified atom stereocenters. The molecule has 0 N–H and O–H groups in total. The zero-order chi connectivity index (χ0) is 15.3. The van der Waals surface area contributed by atoms with Gasteiger partial charge >= 0.3 is 0 Å². The van der Waals surface area contributed by atoms with E-state index in [1.165, 1.54) is 6.42 Å². The average Bonchev–Trinajstić information content (AvgIpc) is 2.71. The second-order valence-electron chi connectivity index (χ2n) is 8.89. The number of fused-ring (bicyclic) bond motifs is 1. The van der Waals surface area contributed by atoms with Crippen molar-refractivity contribution in [2.45, 2.75) is 73.0 Å². The second-order valence-corrected chi connectivity index (χ2v) is 14.0. The zero-order valence-corrected chi connectivity index (χ0v) is 15.5. The highest BCUT2D eigenvalue weighted by atomic mass is 28.3. The summed E-state index contributed by atoms with van der Waals surface area (Å²) in [5, 5.41) is 1.60. The molecule has 2 fully saturated rings. The highest BCUT2D eigenvalue weighted by molar-refractivity contribution is 6.83. The van der Waals surface area contributed by atoms with E-state index in [4.69, 9.17) is 0 Å². The topological polar surface area (TPSA) is 17.1 Å². The van der Waals surface area contributed by atoms with Gasteiger partial charge < -0.3 is 0 Å². The van der Waals surface area contributed by atoms with Crippen LogP contribution in [0, 0.1) is 22.7 Å². The Hall–Kier alpha value is -0.373. The summed E-state index contributed by atoms with van der Waals surface area (Å²) >= 11 is 0. The lowest BCUT2D eigenvalue weighted by Gasteiger charge is -2.38. The monoisotopic (exact) mass is 292 g/mol. The van der Waals surface area contributed by atoms with Gasteiger partial charge in [-0.3, -0.25) is 4.79 Å². The molecular weight excluding hydrogens is 260 g/mol. The van der Waals surface area contributed by atoms with Gasteiger partial charge in [0.1, 0.15) is 5.78 Å². The first-order chi connectivity index (χ1) is 9.05. The summed E-state index contributed by atoms with van der Waals surface area (Å²) in [5.41, 5.74) is 0.301. The molecule has 2 aliphatic rings. The van der Waals surface area contributed by atoms with Gasteiger partial charge in [-0.2, -0.15) is 0 Å². The Morgan fingerprint density at radius 3 is 2.45 bits per heavy atom. The number of hydrogen-bond donors (Lipinski definition) is 0. The van der Waals surface area contributed by atoms with E-state index in [2.05, 4.69) is 53.4 Å². The van der Waals surface area contributed by atoms with E-state index in [-0.39, 0.29) is 5.41 Å². The Labute approximate surface area is 126 Å². The number of hydrogen-bond acceptors (Lipinski definition) is 1. The lowest BCUT2D eigenvalue weighted by molar-refractivity contribution is -0.128. The van der Waals surface area contributed by atoms with Crippen LogP contribution in [-0.4, -0.2) is 13.9 Å². The van der Waals surface area contributed by atoms with Crippen LogP contribution in [0.3, 0.4) is 0 Å². The largest absolute Gasteiger partial charge is 0.299 e. The third kappa shape index (κ3) is 2.24. The average molecular weight is 293 g/mol. The first kappa shape index (κ1) is 16.0. The minimum atomic E-state index is -1.32. The Morgan fingerprint density at radius 1 is 1.35 bits per heavy atom. The first-order valence-electron chi connectivity index (χ1n) is 8.24. The summed E-state index contributed by atoms with van der Waals surface area (Å²) < 4.78 is 0. The molecule has 0 bridgehead atoms. The molecule has 2 rings (SSSR count). The van der Waals surface area contributed by atoms with Gasteiger partial charge in [-0.1, -0.05) is 51.7 Å². The Balaban J connectivity index is 2.43. The van der Waals surface area contributed by atoms with Crippen LogP contribution < -0.4 is 0 Å². The van der Waals surface area contributed by atoms with Crippen molar-refractivity contribution in [1.29, 1.82) is 0 Å². The maximum atomic E-state index is 12.8. The number of carbonyl (C=O) groups excluding carboxylic acids is 1. The van der Waals surface area contributed by atoms with Crippen LogP contribution in [0.15, 0.2) is 11.3 Å². The summed E-state index contributed by atoms with van der Waals surface area (Å²) in [6.45, 7) is 16.5. The molecule has 0 saturated heterocycles. The van der Waals surface area contributed by atoms with E-state index in [1.807, 2.05) is 0 Å². The molecule has 0 aromatic rings. The molecule has 20 heavy (non-hydrogen) atoms. The standard InChI is InChI=1S/C18H32OSi/c1-8-14(20(5,6)7)12-18-13(2)11-17(3,4)15(18)9-10-16(18)19/h8,13,15H,9-12H2,1-7H3/b14-8+. The summed E-state index contributed by atoms with van der Waals surface area (Å²) in [4.78, 5) is 12.8. The van der Waals surface area contributed by atoms with Gasteiger partial charge in [-0.25, -0.2) is 0 Å². The third-order valence-electron chi connectivity index (χ3n) is 6.25. The normalized spacial score (nSPS) is 37.4. The van der Waals surface area contributed by atoms with Gasteiger partial charge in [0.2, 0.25) is 0 Å². The van der Waals surface area contributed by atoms with Gasteiger partial charge in [0.05, 0.1) is 8.07 Å². The van der Waals surface area contributed by atoms with E-state index in [0.29, 0.717) is 23.0 Å². The quantitative estimate of drug-likeness (QED) is 0.651. The van der Waals surface area contributed by atoms with E-state index >= 15 is 0 Å². The van der Waals surface area contributed by atoms with Crippen LogP contribution in [0.25, 0.3) is 0 Å². The smallest absolute Gasteiger partial charge is 0.139 e. The van der Waals surface area contributed by atoms with Crippen LogP contribution in [-0.2, 0) is 4.79 Å². The maximum Gasteiger partial charge on any atom is 0.139 e. The van der Waals surface area contributed by atoms with Crippen molar-refractivity contribution in [1.82, 2.24) is 0 Å². The van der Waals surface area contributed by atoms with Crippen molar-refractivity contribution in [2.75, 3.05) is 0 Å². The molecule has 114 valence electrons. The number of Topliss-reactive ketones (excluding diaryl/α,β-unsaturated/α-hetero) is 1. The van der Waals surface area contributed by atoms with Crippen LogP contribution in [0.5, 0.6) is 0 Å². The fraction of sp³-hybridized carbons (Fsp3) is 0.833. The number of carbonyl (C=O) groups is 1. The summed E-state index contributed by atoms with van der Waals surface area (Å²) in [6, 6.07) is 0. The van der Waals surface area contributed by atoms with E-state index in [9.17, 15) is 4.79 Å².